The maximum atomic E-state index is 13.2. The number of nitrogens with zero attached hydrogens (tertiary/aromatic N) is 2. The Hall–Kier alpha value is -1.89. The van der Waals surface area contributed by atoms with Gasteiger partial charge in [0.15, 0.2) is 0 Å². The third-order valence-corrected chi connectivity index (χ3v) is 4.38. The van der Waals surface area contributed by atoms with Crippen molar-refractivity contribution in [1.29, 1.82) is 0 Å². The van der Waals surface area contributed by atoms with Crippen molar-refractivity contribution in [3.05, 3.63) is 35.9 Å². The van der Waals surface area contributed by atoms with E-state index in [9.17, 15) is 23.1 Å². The molecule has 1 fully saturated rings. The van der Waals surface area contributed by atoms with E-state index in [2.05, 4.69) is 4.99 Å². The van der Waals surface area contributed by atoms with Gasteiger partial charge < -0.3 is 5.11 Å². The average Bonchev–Trinajstić information content (AvgIpc) is 2.82. The first kappa shape index (κ1) is 16.0. The lowest BCUT2D eigenvalue weighted by Crippen LogP contribution is -2.54. The Kier molecular flexibility index (Phi) is 3.91. The normalized spacial score (nSPS) is 26.5. The lowest BCUT2D eigenvalue weighted by molar-refractivity contribution is -0.248. The number of carbonyl (C=O) groups excluding carboxylic acids is 1. The molecule has 0 unspecified atom stereocenters. The molecule has 1 aliphatic carbocycles. The third kappa shape index (κ3) is 2.63. The van der Waals surface area contributed by atoms with Gasteiger partial charge in [0, 0.05) is 11.6 Å². The highest BCUT2D eigenvalue weighted by molar-refractivity contribution is 6.15. The van der Waals surface area contributed by atoms with E-state index in [1.165, 1.54) is 0 Å². The van der Waals surface area contributed by atoms with Gasteiger partial charge in [-0.3, -0.25) is 9.69 Å². The largest absolute Gasteiger partial charge is 0.448 e. The molecule has 124 valence electrons. The van der Waals surface area contributed by atoms with Gasteiger partial charge in [-0.25, -0.2) is 4.99 Å². The molecule has 1 amide bonds. The van der Waals surface area contributed by atoms with Gasteiger partial charge in [-0.05, 0) is 12.8 Å². The minimum absolute atomic E-state index is 0.0951. The van der Waals surface area contributed by atoms with Crippen LogP contribution in [0.2, 0.25) is 0 Å². The molecule has 1 aromatic carbocycles. The van der Waals surface area contributed by atoms with E-state index in [-0.39, 0.29) is 11.9 Å². The lowest BCUT2D eigenvalue weighted by atomic mass is 9.93. The fourth-order valence-corrected chi connectivity index (χ4v) is 3.17. The molecule has 0 saturated heterocycles. The van der Waals surface area contributed by atoms with E-state index in [4.69, 9.17) is 0 Å². The molecule has 1 N–H and O–H groups in total. The fourth-order valence-electron chi connectivity index (χ4n) is 3.17. The molecule has 1 saturated carbocycles. The number of alkyl halides is 3. The van der Waals surface area contributed by atoms with Crippen molar-refractivity contribution in [1.82, 2.24) is 4.90 Å². The van der Waals surface area contributed by atoms with E-state index < -0.39 is 17.8 Å². The summed E-state index contributed by atoms with van der Waals surface area (Å²) < 4.78 is 39.7. The third-order valence-electron chi connectivity index (χ3n) is 4.38. The van der Waals surface area contributed by atoms with Gasteiger partial charge in [-0.2, -0.15) is 13.2 Å². The van der Waals surface area contributed by atoms with Gasteiger partial charge >= 0.3 is 11.9 Å². The Morgan fingerprint density at radius 2 is 1.74 bits per heavy atom. The number of halogens is 3. The molecule has 23 heavy (non-hydrogen) atoms. The van der Waals surface area contributed by atoms with Crippen molar-refractivity contribution >= 4 is 11.7 Å². The summed E-state index contributed by atoms with van der Waals surface area (Å²) in [5.74, 6) is -1.49. The second-order valence-electron chi connectivity index (χ2n) is 5.94. The van der Waals surface area contributed by atoms with Crippen molar-refractivity contribution in [2.45, 2.75) is 50.0 Å². The number of hydrogen-bond donors (Lipinski definition) is 1. The van der Waals surface area contributed by atoms with Crippen LogP contribution in [0.15, 0.2) is 35.3 Å². The molecule has 1 atom stereocenters. The number of benzene rings is 1. The van der Waals surface area contributed by atoms with Crippen LogP contribution in [0.1, 0.15) is 37.7 Å². The predicted molar refractivity (Wildman–Crippen MR) is 77.7 cm³/mol. The molecule has 2 aliphatic rings. The van der Waals surface area contributed by atoms with Gasteiger partial charge in [-0.15, -0.1) is 0 Å². The van der Waals surface area contributed by atoms with Gasteiger partial charge in [0.05, 0.1) is 0 Å². The molecular weight excluding hydrogens is 309 g/mol. The zero-order valence-electron chi connectivity index (χ0n) is 12.4. The van der Waals surface area contributed by atoms with E-state index >= 15 is 0 Å². The molecular formula is C16H17F3N2O2. The van der Waals surface area contributed by atoms with E-state index in [0.717, 1.165) is 24.2 Å². The number of aliphatic hydroxyl groups is 1. The maximum Gasteiger partial charge on any atom is 0.448 e. The molecule has 0 bridgehead atoms. The quantitative estimate of drug-likeness (QED) is 0.908. The highest BCUT2D eigenvalue weighted by Crippen LogP contribution is 2.40. The van der Waals surface area contributed by atoms with Crippen molar-refractivity contribution < 1.29 is 23.1 Å². The van der Waals surface area contributed by atoms with Crippen LogP contribution in [-0.4, -0.2) is 39.7 Å². The average molecular weight is 326 g/mol. The molecule has 0 radical (unpaired) electrons. The molecule has 0 spiro atoms. The number of rotatable bonds is 2. The van der Waals surface area contributed by atoms with Gasteiger partial charge in [-0.1, -0.05) is 49.6 Å². The Labute approximate surface area is 131 Å². The van der Waals surface area contributed by atoms with Crippen molar-refractivity contribution in [2.75, 3.05) is 0 Å². The van der Waals surface area contributed by atoms with Gasteiger partial charge in [0.1, 0.15) is 5.84 Å². The number of aliphatic imine (C=N–C) groups is 1. The van der Waals surface area contributed by atoms with E-state index in [1.807, 2.05) is 0 Å². The molecule has 1 aromatic rings. The molecule has 0 aromatic heterocycles. The van der Waals surface area contributed by atoms with Crippen LogP contribution in [-0.2, 0) is 4.79 Å². The van der Waals surface area contributed by atoms with Crippen LogP contribution >= 0.6 is 0 Å². The Morgan fingerprint density at radius 3 is 2.30 bits per heavy atom. The summed E-state index contributed by atoms with van der Waals surface area (Å²) in [6.45, 7) is 0. The monoisotopic (exact) mass is 326 g/mol. The summed E-state index contributed by atoms with van der Waals surface area (Å²) in [5, 5.41) is 9.93. The van der Waals surface area contributed by atoms with E-state index in [0.29, 0.717) is 18.4 Å². The molecule has 1 heterocycles. The number of amidine groups is 1. The minimum atomic E-state index is -5.15. The molecule has 1 aliphatic heterocycles. The first-order valence-electron chi connectivity index (χ1n) is 7.62. The number of carbonyl (C=O) groups is 1. The SMILES string of the molecule is O=C1N(C2CCCCC2)C(c2ccccc2)=N[C@]1(O)C(F)(F)F. The predicted octanol–water partition coefficient (Wildman–Crippen LogP) is 2.86. The van der Waals surface area contributed by atoms with E-state index in [1.54, 1.807) is 30.3 Å². The minimum Gasteiger partial charge on any atom is -0.355 e. The lowest BCUT2D eigenvalue weighted by Gasteiger charge is -2.33. The smallest absolute Gasteiger partial charge is 0.355 e. The summed E-state index contributed by atoms with van der Waals surface area (Å²) >= 11 is 0. The molecule has 4 nitrogen and oxygen atoms in total. The van der Waals surface area contributed by atoms with Gasteiger partial charge in [0.2, 0.25) is 0 Å². The van der Waals surface area contributed by atoms with Crippen molar-refractivity contribution in [3.63, 3.8) is 0 Å². The highest BCUT2D eigenvalue weighted by atomic mass is 19.4. The first-order chi connectivity index (χ1) is 10.8. The zero-order chi connectivity index (χ0) is 16.7. The molecule has 7 heteroatoms. The van der Waals surface area contributed by atoms with Crippen LogP contribution in [0.25, 0.3) is 0 Å². The van der Waals surface area contributed by atoms with Crippen LogP contribution in [0, 0.1) is 0 Å². The standard InChI is InChI=1S/C16H17F3N2O2/c17-16(18,19)15(23)14(22)21(12-9-5-2-6-10-12)13(20-15)11-7-3-1-4-8-11/h1,3-4,7-8,12,23H,2,5-6,9-10H2/t15-/m1/s1. The fraction of sp³-hybridized carbons (Fsp3) is 0.500. The van der Waals surface area contributed by atoms with Crippen molar-refractivity contribution in [2.24, 2.45) is 4.99 Å². The summed E-state index contributed by atoms with van der Waals surface area (Å²) in [6, 6.07) is 7.86. The van der Waals surface area contributed by atoms with Gasteiger partial charge in [0.25, 0.3) is 5.91 Å². The highest BCUT2D eigenvalue weighted by Gasteiger charge is 2.66. The number of hydrogen-bond acceptors (Lipinski definition) is 3. The molecule has 3 rings (SSSR count). The summed E-state index contributed by atoms with van der Waals surface area (Å²) in [6.07, 6.45) is -1.22. The maximum absolute atomic E-state index is 13.2. The summed E-state index contributed by atoms with van der Waals surface area (Å²) in [7, 11) is 0. The summed E-state index contributed by atoms with van der Waals surface area (Å²) in [4.78, 5) is 16.9. The Bertz CT molecular complexity index is 624. The van der Waals surface area contributed by atoms with Crippen LogP contribution in [0.5, 0.6) is 0 Å². The zero-order valence-corrected chi connectivity index (χ0v) is 12.4. The summed E-state index contributed by atoms with van der Waals surface area (Å²) in [5.41, 5.74) is -3.29. The van der Waals surface area contributed by atoms with Crippen LogP contribution in [0.3, 0.4) is 0 Å². The van der Waals surface area contributed by atoms with Crippen LogP contribution < -0.4 is 0 Å². The Morgan fingerprint density at radius 1 is 1.13 bits per heavy atom. The van der Waals surface area contributed by atoms with Crippen LogP contribution in [0.4, 0.5) is 13.2 Å². The number of amides is 1. The first-order valence-corrected chi connectivity index (χ1v) is 7.62. The second kappa shape index (κ2) is 5.63. The van der Waals surface area contributed by atoms with Crippen molar-refractivity contribution in [3.8, 4) is 0 Å². The Balaban J connectivity index is 2.06. The second-order valence-corrected chi connectivity index (χ2v) is 5.94. The topological polar surface area (TPSA) is 52.9 Å².